The smallest absolute Gasteiger partial charge is 0.325 e. The number of hydrogen-bond acceptors (Lipinski definition) is 5. The highest BCUT2D eigenvalue weighted by atomic mass is 16.6. The molecule has 0 N–H and O–H groups in total. The minimum atomic E-state index is -0.461. The zero-order valence-electron chi connectivity index (χ0n) is 15.7. The Morgan fingerprint density at radius 1 is 1.22 bits per heavy atom. The summed E-state index contributed by atoms with van der Waals surface area (Å²) < 4.78 is 5.25. The monoisotopic (exact) mass is 375 g/mol. The number of carbonyl (C=O) groups is 2. The fraction of sp³-hybridized carbons (Fsp3) is 0.579. The van der Waals surface area contributed by atoms with E-state index in [0.29, 0.717) is 5.69 Å². The first-order valence-electron chi connectivity index (χ1n) is 9.39. The number of rotatable bonds is 5. The standard InChI is InChI=1S/C19H25N3O5/c1-13-18(12-27-14(2)23)21(15-6-4-3-5-7-15)19(24)20(13)16-8-10-17(11-9-16)22(25)26/h8-11,13,15,18H,3-7,12H2,1-2H3/t13-,18-/m1/s1. The number of anilines is 1. The molecule has 27 heavy (non-hydrogen) atoms. The molecule has 2 aliphatic rings. The number of non-ortho nitro benzene ring substituents is 1. The molecule has 8 heteroatoms. The molecule has 0 aromatic heterocycles. The highest BCUT2D eigenvalue weighted by Gasteiger charge is 2.47. The van der Waals surface area contributed by atoms with Crippen molar-refractivity contribution in [2.24, 2.45) is 0 Å². The molecule has 2 atom stereocenters. The Bertz CT molecular complexity index is 715. The number of esters is 1. The van der Waals surface area contributed by atoms with E-state index in [-0.39, 0.29) is 42.4 Å². The summed E-state index contributed by atoms with van der Waals surface area (Å²) >= 11 is 0. The van der Waals surface area contributed by atoms with E-state index in [9.17, 15) is 19.7 Å². The van der Waals surface area contributed by atoms with Crippen molar-refractivity contribution in [1.29, 1.82) is 0 Å². The van der Waals surface area contributed by atoms with Gasteiger partial charge in [-0.1, -0.05) is 19.3 Å². The summed E-state index contributed by atoms with van der Waals surface area (Å²) in [5, 5.41) is 10.9. The molecule has 1 aromatic rings. The molecule has 2 amide bonds. The van der Waals surface area contributed by atoms with Crippen LogP contribution in [0.3, 0.4) is 0 Å². The van der Waals surface area contributed by atoms with E-state index in [1.54, 1.807) is 17.0 Å². The number of urea groups is 1. The van der Waals surface area contributed by atoms with Crippen molar-refractivity contribution in [1.82, 2.24) is 4.90 Å². The average Bonchev–Trinajstić information content (AvgIpc) is 2.90. The Labute approximate surface area is 158 Å². The number of nitro benzene ring substituents is 1. The number of nitro groups is 1. The van der Waals surface area contributed by atoms with Crippen LogP contribution in [-0.2, 0) is 9.53 Å². The number of ether oxygens (including phenoxy) is 1. The van der Waals surface area contributed by atoms with Crippen molar-refractivity contribution < 1.29 is 19.2 Å². The lowest BCUT2D eigenvalue weighted by molar-refractivity contribution is -0.384. The fourth-order valence-corrected chi connectivity index (χ4v) is 4.13. The average molecular weight is 375 g/mol. The second-order valence-corrected chi connectivity index (χ2v) is 7.24. The minimum Gasteiger partial charge on any atom is -0.464 e. The van der Waals surface area contributed by atoms with Gasteiger partial charge >= 0.3 is 12.0 Å². The van der Waals surface area contributed by atoms with Gasteiger partial charge in [0, 0.05) is 30.8 Å². The quantitative estimate of drug-likeness (QED) is 0.446. The molecule has 8 nitrogen and oxygen atoms in total. The van der Waals surface area contributed by atoms with Crippen LogP contribution in [0.1, 0.15) is 46.0 Å². The minimum absolute atomic E-state index is 0.0151. The molecular formula is C19H25N3O5. The van der Waals surface area contributed by atoms with E-state index >= 15 is 0 Å². The van der Waals surface area contributed by atoms with Crippen molar-refractivity contribution in [3.63, 3.8) is 0 Å². The molecular weight excluding hydrogens is 350 g/mol. The van der Waals surface area contributed by atoms with Gasteiger partial charge in [0.15, 0.2) is 0 Å². The number of hydrogen-bond donors (Lipinski definition) is 0. The molecule has 0 unspecified atom stereocenters. The maximum absolute atomic E-state index is 13.3. The van der Waals surface area contributed by atoms with Crippen LogP contribution in [0.5, 0.6) is 0 Å². The Morgan fingerprint density at radius 2 is 1.85 bits per heavy atom. The molecule has 146 valence electrons. The number of amides is 2. The van der Waals surface area contributed by atoms with Gasteiger partial charge in [-0.15, -0.1) is 0 Å². The lowest BCUT2D eigenvalue weighted by atomic mass is 9.93. The molecule has 1 aliphatic heterocycles. The highest BCUT2D eigenvalue weighted by molar-refractivity contribution is 5.96. The zero-order chi connectivity index (χ0) is 19.6. The maximum atomic E-state index is 13.3. The van der Waals surface area contributed by atoms with Crippen molar-refractivity contribution in [2.75, 3.05) is 11.5 Å². The number of nitrogens with zero attached hydrogens (tertiary/aromatic N) is 3. The molecule has 1 saturated heterocycles. The van der Waals surface area contributed by atoms with Gasteiger partial charge in [0.25, 0.3) is 5.69 Å². The zero-order valence-corrected chi connectivity index (χ0v) is 15.7. The van der Waals surface area contributed by atoms with E-state index in [0.717, 1.165) is 25.7 Å². The lowest BCUT2D eigenvalue weighted by Crippen LogP contribution is -2.47. The van der Waals surface area contributed by atoms with Gasteiger partial charge in [0.05, 0.1) is 17.0 Å². The number of benzene rings is 1. The Balaban J connectivity index is 1.88. The summed E-state index contributed by atoms with van der Waals surface area (Å²) in [6, 6.07) is 5.57. The third-order valence-corrected chi connectivity index (χ3v) is 5.51. The lowest BCUT2D eigenvalue weighted by Gasteiger charge is -2.34. The molecule has 1 heterocycles. The van der Waals surface area contributed by atoms with Gasteiger partial charge < -0.3 is 9.64 Å². The number of carbonyl (C=O) groups excluding carboxylic acids is 2. The second kappa shape index (κ2) is 7.94. The summed E-state index contributed by atoms with van der Waals surface area (Å²) in [4.78, 5) is 38.5. The predicted octanol–water partition coefficient (Wildman–Crippen LogP) is 3.49. The van der Waals surface area contributed by atoms with Gasteiger partial charge in [0.1, 0.15) is 6.61 Å². The Morgan fingerprint density at radius 3 is 2.41 bits per heavy atom. The molecule has 3 rings (SSSR count). The summed E-state index contributed by atoms with van der Waals surface area (Å²) in [7, 11) is 0. The Kier molecular flexibility index (Phi) is 5.62. The first-order valence-corrected chi connectivity index (χ1v) is 9.39. The molecule has 1 aromatic carbocycles. The van der Waals surface area contributed by atoms with Crippen LogP contribution < -0.4 is 4.90 Å². The van der Waals surface area contributed by atoms with Crippen LogP contribution in [-0.4, -0.2) is 46.6 Å². The first-order chi connectivity index (χ1) is 12.9. The highest BCUT2D eigenvalue weighted by Crippen LogP contribution is 2.35. The predicted molar refractivity (Wildman–Crippen MR) is 99.6 cm³/mol. The fourth-order valence-electron chi connectivity index (χ4n) is 4.13. The molecule has 0 radical (unpaired) electrons. The Hall–Kier alpha value is -2.64. The van der Waals surface area contributed by atoms with Crippen LogP contribution in [0, 0.1) is 10.1 Å². The molecule has 0 bridgehead atoms. The van der Waals surface area contributed by atoms with E-state index < -0.39 is 4.92 Å². The first kappa shape index (κ1) is 19.1. The molecule has 1 aliphatic carbocycles. The third-order valence-electron chi connectivity index (χ3n) is 5.51. The van der Waals surface area contributed by atoms with Gasteiger partial charge in [-0.05, 0) is 31.9 Å². The van der Waals surface area contributed by atoms with Crippen molar-refractivity contribution in [3.05, 3.63) is 34.4 Å². The SMILES string of the molecule is CC(=O)OC[C@@H]1[C@@H](C)N(c2ccc([N+](=O)[O-])cc2)C(=O)N1C1CCCCC1. The second-order valence-electron chi connectivity index (χ2n) is 7.24. The van der Waals surface area contributed by atoms with Gasteiger partial charge in [-0.3, -0.25) is 19.8 Å². The van der Waals surface area contributed by atoms with E-state index in [1.165, 1.54) is 25.5 Å². The van der Waals surface area contributed by atoms with Gasteiger partial charge in [0.2, 0.25) is 0 Å². The van der Waals surface area contributed by atoms with E-state index in [1.807, 2.05) is 11.8 Å². The van der Waals surface area contributed by atoms with E-state index in [4.69, 9.17) is 4.74 Å². The molecule has 1 saturated carbocycles. The van der Waals surface area contributed by atoms with Crippen LogP contribution >= 0.6 is 0 Å². The maximum Gasteiger partial charge on any atom is 0.325 e. The summed E-state index contributed by atoms with van der Waals surface area (Å²) in [6.45, 7) is 3.44. The van der Waals surface area contributed by atoms with Gasteiger partial charge in [-0.2, -0.15) is 0 Å². The van der Waals surface area contributed by atoms with Crippen LogP contribution in [0.25, 0.3) is 0 Å². The topological polar surface area (TPSA) is 93.0 Å². The normalized spacial score (nSPS) is 23.6. The summed E-state index contributed by atoms with van der Waals surface area (Å²) in [5.74, 6) is -0.368. The molecule has 0 spiro atoms. The molecule has 2 fully saturated rings. The van der Waals surface area contributed by atoms with Gasteiger partial charge in [-0.25, -0.2) is 4.79 Å². The van der Waals surface area contributed by atoms with Crippen LogP contribution in [0.4, 0.5) is 16.2 Å². The van der Waals surface area contributed by atoms with Crippen LogP contribution in [0.2, 0.25) is 0 Å². The largest absolute Gasteiger partial charge is 0.464 e. The van der Waals surface area contributed by atoms with E-state index in [2.05, 4.69) is 0 Å². The van der Waals surface area contributed by atoms with Crippen molar-refractivity contribution >= 4 is 23.4 Å². The summed E-state index contributed by atoms with van der Waals surface area (Å²) in [5.41, 5.74) is 0.600. The third kappa shape index (κ3) is 3.89. The van der Waals surface area contributed by atoms with Crippen LogP contribution in [0.15, 0.2) is 24.3 Å². The summed E-state index contributed by atoms with van der Waals surface area (Å²) in [6.07, 6.45) is 5.24. The van der Waals surface area contributed by atoms with Crippen molar-refractivity contribution in [2.45, 2.75) is 64.1 Å². The van der Waals surface area contributed by atoms with Crippen molar-refractivity contribution in [3.8, 4) is 0 Å².